The van der Waals surface area contributed by atoms with E-state index in [9.17, 15) is 14.4 Å². The second-order valence-corrected chi connectivity index (χ2v) is 10.6. The number of anilines is 1. The van der Waals surface area contributed by atoms with Crippen LogP contribution in [0, 0.1) is 0 Å². The van der Waals surface area contributed by atoms with E-state index >= 15 is 0 Å². The predicted octanol–water partition coefficient (Wildman–Crippen LogP) is 5.41. The topological polar surface area (TPSA) is 84.9 Å². The molecule has 1 N–H and O–H groups in total. The number of carbonyl (C=O) groups excluding carboxylic acids is 3. The van der Waals surface area contributed by atoms with Gasteiger partial charge in [-0.05, 0) is 54.0 Å². The van der Waals surface area contributed by atoms with Gasteiger partial charge in [-0.15, -0.1) is 0 Å². The van der Waals surface area contributed by atoms with E-state index in [0.29, 0.717) is 31.4 Å². The summed E-state index contributed by atoms with van der Waals surface area (Å²) in [6, 6.07) is 35.0. The predicted molar refractivity (Wildman–Crippen MR) is 165 cm³/mol. The van der Waals surface area contributed by atoms with E-state index in [-0.39, 0.29) is 25.7 Å². The second-order valence-electron chi connectivity index (χ2n) is 10.6. The number of aryl methyl sites for hydroxylation is 2. The van der Waals surface area contributed by atoms with Crippen molar-refractivity contribution < 1.29 is 23.9 Å². The molecule has 2 unspecified atom stereocenters. The number of nitrogens with zero attached hydrogens (tertiary/aromatic N) is 1. The van der Waals surface area contributed by atoms with Gasteiger partial charge in [0.15, 0.2) is 0 Å². The van der Waals surface area contributed by atoms with E-state index in [1.54, 1.807) is 0 Å². The van der Waals surface area contributed by atoms with Crippen molar-refractivity contribution >= 4 is 23.5 Å². The Kier molecular flexibility index (Phi) is 10.3. The van der Waals surface area contributed by atoms with Crippen molar-refractivity contribution in [1.29, 1.82) is 0 Å². The number of fused-ring (bicyclic) bond motifs is 1. The first-order valence-corrected chi connectivity index (χ1v) is 14.7. The average Bonchev–Trinajstić information content (AvgIpc) is 3.18. The maximum Gasteiger partial charge on any atom is 0.326 e. The first-order valence-electron chi connectivity index (χ1n) is 14.7. The Morgan fingerprint density at radius 1 is 0.744 bits per heavy atom. The molecule has 1 aliphatic heterocycles. The smallest absolute Gasteiger partial charge is 0.326 e. The van der Waals surface area contributed by atoms with Gasteiger partial charge in [0.25, 0.3) is 0 Å². The molecule has 7 nitrogen and oxygen atoms in total. The fourth-order valence-corrected chi connectivity index (χ4v) is 5.24. The highest BCUT2D eigenvalue weighted by atomic mass is 16.5. The zero-order chi connectivity index (χ0) is 29.9. The van der Waals surface area contributed by atoms with E-state index in [2.05, 4.69) is 5.32 Å². The number of esters is 2. The molecule has 7 heteroatoms. The molecule has 5 rings (SSSR count). The minimum absolute atomic E-state index is 0.125. The average molecular weight is 577 g/mol. The summed E-state index contributed by atoms with van der Waals surface area (Å²) in [4.78, 5) is 41.9. The third-order valence-corrected chi connectivity index (χ3v) is 7.55. The largest absolute Gasteiger partial charge is 0.460 e. The number of ether oxygens (including phenoxy) is 2. The number of benzene rings is 4. The lowest BCUT2D eigenvalue weighted by molar-refractivity contribution is -0.148. The summed E-state index contributed by atoms with van der Waals surface area (Å²) in [5.41, 5.74) is 4.49. The number of hydrogen-bond acceptors (Lipinski definition) is 6. The van der Waals surface area contributed by atoms with Crippen molar-refractivity contribution in [3.63, 3.8) is 0 Å². The number of carbonyl (C=O) groups is 3. The fourth-order valence-electron chi connectivity index (χ4n) is 5.24. The standard InChI is InChI=1S/C36H36N2O5/c39-34(42-25-28-14-6-2-7-15-28)24-38-33-19-11-10-18-30(33)21-23-31(35(38)40)37-32(22-20-27-12-4-1-5-13-27)36(41)43-26-29-16-8-3-9-17-29/h1-19,31-32,37H,20-26H2. The molecule has 0 aliphatic carbocycles. The SMILES string of the molecule is O=C(CN1C(=O)C(NC(CCc2ccccc2)C(=O)OCc2ccccc2)CCc2ccccc21)OCc1ccccc1. The van der Waals surface area contributed by atoms with E-state index in [0.717, 1.165) is 22.3 Å². The molecular formula is C36H36N2O5. The Balaban J connectivity index is 1.31. The molecule has 0 saturated carbocycles. The van der Waals surface area contributed by atoms with Gasteiger partial charge >= 0.3 is 11.9 Å². The van der Waals surface area contributed by atoms with E-state index in [1.807, 2.05) is 115 Å². The summed E-state index contributed by atoms with van der Waals surface area (Å²) in [6.07, 6.45) is 2.17. The number of para-hydroxylation sites is 1. The van der Waals surface area contributed by atoms with Crippen LogP contribution < -0.4 is 10.2 Å². The van der Waals surface area contributed by atoms with Crippen molar-refractivity contribution in [3.05, 3.63) is 138 Å². The summed E-state index contributed by atoms with van der Waals surface area (Å²) >= 11 is 0. The van der Waals surface area contributed by atoms with Crippen molar-refractivity contribution in [1.82, 2.24) is 5.32 Å². The highest BCUT2D eigenvalue weighted by molar-refractivity contribution is 6.02. The van der Waals surface area contributed by atoms with Crippen molar-refractivity contribution in [3.8, 4) is 0 Å². The number of rotatable bonds is 12. The summed E-state index contributed by atoms with van der Waals surface area (Å²) in [5.74, 6) is -1.19. The summed E-state index contributed by atoms with van der Waals surface area (Å²) < 4.78 is 11.2. The molecule has 1 heterocycles. The van der Waals surface area contributed by atoms with Crippen LogP contribution in [0.15, 0.2) is 115 Å². The minimum Gasteiger partial charge on any atom is -0.460 e. The van der Waals surface area contributed by atoms with Gasteiger partial charge in [-0.25, -0.2) is 0 Å². The Bertz CT molecular complexity index is 1490. The molecule has 0 saturated heterocycles. The van der Waals surface area contributed by atoms with Crippen molar-refractivity contribution in [2.24, 2.45) is 0 Å². The first kappa shape index (κ1) is 29.7. The molecule has 0 bridgehead atoms. The first-order chi connectivity index (χ1) is 21.1. The zero-order valence-electron chi connectivity index (χ0n) is 24.1. The molecule has 220 valence electrons. The van der Waals surface area contributed by atoms with E-state index < -0.39 is 24.0 Å². The highest BCUT2D eigenvalue weighted by Gasteiger charge is 2.35. The van der Waals surface area contributed by atoms with Gasteiger partial charge in [0.1, 0.15) is 25.8 Å². The number of amides is 1. The fraction of sp³-hybridized carbons (Fsp3) is 0.250. The number of hydrogen-bond donors (Lipinski definition) is 1. The van der Waals surface area contributed by atoms with Crippen LogP contribution in [-0.2, 0) is 49.9 Å². The molecule has 0 radical (unpaired) electrons. The van der Waals surface area contributed by atoms with Gasteiger partial charge < -0.3 is 9.47 Å². The normalized spacial score (nSPS) is 15.2. The van der Waals surface area contributed by atoms with Crippen LogP contribution in [0.4, 0.5) is 5.69 Å². The lowest BCUT2D eigenvalue weighted by Crippen LogP contribution is -2.53. The number of nitrogens with one attached hydrogen (secondary N) is 1. The van der Waals surface area contributed by atoms with Crippen LogP contribution in [0.2, 0.25) is 0 Å². The van der Waals surface area contributed by atoms with Crippen LogP contribution >= 0.6 is 0 Å². The molecule has 1 aliphatic rings. The molecule has 4 aromatic rings. The Hall–Kier alpha value is -4.75. The Morgan fingerprint density at radius 3 is 1.95 bits per heavy atom. The lowest BCUT2D eigenvalue weighted by Gasteiger charge is -2.28. The molecule has 1 amide bonds. The van der Waals surface area contributed by atoms with Gasteiger partial charge in [0.2, 0.25) is 5.91 Å². The quantitative estimate of drug-likeness (QED) is 0.227. The maximum atomic E-state index is 14.0. The molecule has 4 aromatic carbocycles. The van der Waals surface area contributed by atoms with Crippen LogP contribution in [0.1, 0.15) is 35.1 Å². The van der Waals surface area contributed by atoms with Crippen molar-refractivity contribution in [2.45, 2.75) is 51.0 Å². The molecule has 2 atom stereocenters. The second kappa shape index (κ2) is 14.9. The summed E-state index contributed by atoms with van der Waals surface area (Å²) in [7, 11) is 0. The third-order valence-electron chi connectivity index (χ3n) is 7.55. The summed E-state index contributed by atoms with van der Waals surface area (Å²) in [6.45, 7) is 0.0421. The third kappa shape index (κ3) is 8.40. The van der Waals surface area contributed by atoms with Gasteiger partial charge in [0, 0.05) is 5.69 Å². The van der Waals surface area contributed by atoms with E-state index in [4.69, 9.17) is 9.47 Å². The monoisotopic (exact) mass is 576 g/mol. The molecule has 0 aromatic heterocycles. The molecule has 43 heavy (non-hydrogen) atoms. The summed E-state index contributed by atoms with van der Waals surface area (Å²) in [5, 5.41) is 3.33. The van der Waals surface area contributed by atoms with Gasteiger partial charge in [-0.1, -0.05) is 109 Å². The molecule has 0 fully saturated rings. The van der Waals surface area contributed by atoms with Crippen LogP contribution in [0.3, 0.4) is 0 Å². The minimum atomic E-state index is -0.717. The Labute approximate surface area is 252 Å². The molecular weight excluding hydrogens is 540 g/mol. The molecule has 0 spiro atoms. The maximum absolute atomic E-state index is 14.0. The van der Waals surface area contributed by atoms with Gasteiger partial charge in [-0.2, -0.15) is 0 Å². The Morgan fingerprint density at radius 2 is 1.30 bits per heavy atom. The van der Waals surface area contributed by atoms with Gasteiger partial charge in [-0.3, -0.25) is 24.6 Å². The highest BCUT2D eigenvalue weighted by Crippen LogP contribution is 2.27. The van der Waals surface area contributed by atoms with Crippen LogP contribution in [-0.4, -0.2) is 36.5 Å². The van der Waals surface area contributed by atoms with Crippen LogP contribution in [0.25, 0.3) is 0 Å². The van der Waals surface area contributed by atoms with Gasteiger partial charge in [0.05, 0.1) is 6.04 Å². The van der Waals surface area contributed by atoms with E-state index in [1.165, 1.54) is 4.90 Å². The van der Waals surface area contributed by atoms with Crippen LogP contribution in [0.5, 0.6) is 0 Å². The van der Waals surface area contributed by atoms with Crippen molar-refractivity contribution in [2.75, 3.05) is 11.4 Å². The zero-order valence-corrected chi connectivity index (χ0v) is 24.1. The lowest BCUT2D eigenvalue weighted by atomic mass is 10.0.